The molecule has 0 aliphatic carbocycles. The van der Waals surface area contributed by atoms with Crippen molar-refractivity contribution in [2.45, 2.75) is 38.7 Å². The van der Waals surface area contributed by atoms with Gasteiger partial charge in [0.05, 0.1) is 5.41 Å². The SMILES string of the molecule is CC(=O)N1CCC(C(=O)OCc2cc(C)on2)(c2ccccc2)CC1. The van der Waals surface area contributed by atoms with Crippen molar-refractivity contribution in [1.29, 1.82) is 0 Å². The van der Waals surface area contributed by atoms with Gasteiger partial charge in [-0.15, -0.1) is 0 Å². The molecule has 6 heteroatoms. The summed E-state index contributed by atoms with van der Waals surface area (Å²) in [5, 5.41) is 3.86. The molecule has 1 amide bonds. The second kappa shape index (κ2) is 7.09. The maximum absolute atomic E-state index is 13.0. The first-order chi connectivity index (χ1) is 12.0. The van der Waals surface area contributed by atoms with Crippen molar-refractivity contribution in [2.24, 2.45) is 0 Å². The second-order valence-corrected chi connectivity index (χ2v) is 6.46. The number of carbonyl (C=O) groups excluding carboxylic acids is 2. The Bertz CT molecular complexity index is 746. The number of esters is 1. The van der Waals surface area contributed by atoms with E-state index in [0.717, 1.165) is 5.56 Å². The lowest BCUT2D eigenvalue weighted by Crippen LogP contribution is -2.49. The molecule has 1 aliphatic heterocycles. The van der Waals surface area contributed by atoms with Crippen molar-refractivity contribution < 1.29 is 18.8 Å². The highest BCUT2D eigenvalue weighted by Gasteiger charge is 2.44. The largest absolute Gasteiger partial charge is 0.458 e. The molecule has 132 valence electrons. The number of aromatic nitrogens is 1. The average molecular weight is 342 g/mol. The quantitative estimate of drug-likeness (QED) is 0.799. The predicted octanol–water partition coefficient (Wildman–Crippen LogP) is 2.61. The van der Waals surface area contributed by atoms with Gasteiger partial charge in [-0.05, 0) is 25.3 Å². The standard InChI is InChI=1S/C19H22N2O4/c1-14-12-17(20-25-14)13-24-18(23)19(16-6-4-3-5-7-16)8-10-21(11-9-19)15(2)22/h3-7,12H,8-11,13H2,1-2H3. The van der Waals surface area contributed by atoms with Crippen LogP contribution in [-0.4, -0.2) is 35.0 Å². The highest BCUT2D eigenvalue weighted by Crippen LogP contribution is 2.37. The Balaban J connectivity index is 1.79. The number of ether oxygens (including phenoxy) is 1. The van der Waals surface area contributed by atoms with Gasteiger partial charge < -0.3 is 14.2 Å². The van der Waals surface area contributed by atoms with Gasteiger partial charge in [-0.25, -0.2) is 0 Å². The fraction of sp³-hybridized carbons (Fsp3) is 0.421. The smallest absolute Gasteiger partial charge is 0.317 e. The summed E-state index contributed by atoms with van der Waals surface area (Å²) in [5.74, 6) is 0.439. The van der Waals surface area contributed by atoms with Crippen LogP contribution in [0, 0.1) is 6.92 Å². The molecule has 2 heterocycles. The maximum Gasteiger partial charge on any atom is 0.317 e. The number of piperidine rings is 1. The van der Waals surface area contributed by atoms with Crippen molar-refractivity contribution in [2.75, 3.05) is 13.1 Å². The van der Waals surface area contributed by atoms with Gasteiger partial charge in [-0.3, -0.25) is 9.59 Å². The van der Waals surface area contributed by atoms with Crippen molar-refractivity contribution in [3.8, 4) is 0 Å². The molecular formula is C19H22N2O4. The summed E-state index contributed by atoms with van der Waals surface area (Å²) >= 11 is 0. The molecule has 6 nitrogen and oxygen atoms in total. The van der Waals surface area contributed by atoms with Gasteiger partial charge >= 0.3 is 5.97 Å². The van der Waals surface area contributed by atoms with Crippen LogP contribution in [0.25, 0.3) is 0 Å². The van der Waals surface area contributed by atoms with Crippen LogP contribution in [0.5, 0.6) is 0 Å². The number of rotatable bonds is 4. The van der Waals surface area contributed by atoms with Crippen molar-refractivity contribution in [3.63, 3.8) is 0 Å². The van der Waals surface area contributed by atoms with Gasteiger partial charge in [0.1, 0.15) is 18.1 Å². The minimum absolute atomic E-state index is 0.0353. The first-order valence-electron chi connectivity index (χ1n) is 8.42. The van der Waals surface area contributed by atoms with Crippen LogP contribution in [0.3, 0.4) is 0 Å². The summed E-state index contributed by atoms with van der Waals surface area (Å²) in [5.41, 5.74) is 0.793. The van der Waals surface area contributed by atoms with E-state index in [2.05, 4.69) is 5.16 Å². The summed E-state index contributed by atoms with van der Waals surface area (Å²) < 4.78 is 10.6. The monoisotopic (exact) mass is 342 g/mol. The van der Waals surface area contributed by atoms with E-state index in [1.807, 2.05) is 30.3 Å². The van der Waals surface area contributed by atoms with Crippen LogP contribution in [0.15, 0.2) is 40.9 Å². The fourth-order valence-electron chi connectivity index (χ4n) is 3.33. The van der Waals surface area contributed by atoms with E-state index in [4.69, 9.17) is 9.26 Å². The van der Waals surface area contributed by atoms with E-state index in [0.29, 0.717) is 37.4 Å². The maximum atomic E-state index is 13.0. The highest BCUT2D eigenvalue weighted by atomic mass is 16.5. The normalized spacial score (nSPS) is 16.5. The van der Waals surface area contributed by atoms with Crippen LogP contribution in [0.4, 0.5) is 0 Å². The molecule has 0 atom stereocenters. The molecule has 1 aliphatic rings. The number of likely N-dealkylation sites (tertiary alicyclic amines) is 1. The van der Waals surface area contributed by atoms with E-state index in [1.54, 1.807) is 24.8 Å². The number of aryl methyl sites for hydroxylation is 1. The molecular weight excluding hydrogens is 320 g/mol. The lowest BCUT2D eigenvalue weighted by molar-refractivity contribution is -0.155. The number of nitrogens with zero attached hydrogens (tertiary/aromatic N) is 2. The minimum Gasteiger partial charge on any atom is -0.458 e. The molecule has 1 saturated heterocycles. The topological polar surface area (TPSA) is 72.6 Å². The van der Waals surface area contributed by atoms with E-state index >= 15 is 0 Å². The van der Waals surface area contributed by atoms with Crippen LogP contribution in [0.2, 0.25) is 0 Å². The van der Waals surface area contributed by atoms with Gasteiger partial charge in [0.2, 0.25) is 5.91 Å². The molecule has 2 aromatic rings. The van der Waals surface area contributed by atoms with E-state index in [9.17, 15) is 9.59 Å². The van der Waals surface area contributed by atoms with Gasteiger partial charge in [0.25, 0.3) is 0 Å². The number of benzene rings is 1. The summed E-state index contributed by atoms with van der Waals surface area (Å²) in [6.07, 6.45) is 1.10. The van der Waals surface area contributed by atoms with Crippen molar-refractivity contribution in [3.05, 3.63) is 53.4 Å². The Labute approximate surface area is 146 Å². The summed E-state index contributed by atoms with van der Waals surface area (Å²) in [6.45, 7) is 4.52. The number of amides is 1. The Hall–Kier alpha value is -2.63. The summed E-state index contributed by atoms with van der Waals surface area (Å²) in [7, 11) is 0. The molecule has 0 unspecified atom stereocenters. The molecule has 0 N–H and O–H groups in total. The fourth-order valence-corrected chi connectivity index (χ4v) is 3.33. The summed E-state index contributed by atoms with van der Waals surface area (Å²) in [6, 6.07) is 11.4. The Morgan fingerprint density at radius 3 is 2.48 bits per heavy atom. The first kappa shape index (κ1) is 17.2. The zero-order valence-corrected chi connectivity index (χ0v) is 14.5. The second-order valence-electron chi connectivity index (χ2n) is 6.46. The van der Waals surface area contributed by atoms with Crippen LogP contribution < -0.4 is 0 Å². The summed E-state index contributed by atoms with van der Waals surface area (Å²) in [4.78, 5) is 26.4. The van der Waals surface area contributed by atoms with Crippen molar-refractivity contribution in [1.82, 2.24) is 10.1 Å². The molecule has 0 radical (unpaired) electrons. The Morgan fingerprint density at radius 1 is 1.24 bits per heavy atom. The molecule has 1 aromatic heterocycles. The molecule has 1 fully saturated rings. The van der Waals surface area contributed by atoms with E-state index in [1.165, 1.54) is 0 Å². The molecule has 1 aromatic carbocycles. The molecule has 0 spiro atoms. The van der Waals surface area contributed by atoms with Gasteiger partial charge in [-0.2, -0.15) is 0 Å². The molecule has 25 heavy (non-hydrogen) atoms. The predicted molar refractivity (Wildman–Crippen MR) is 90.6 cm³/mol. The Kier molecular flexibility index (Phi) is 4.88. The van der Waals surface area contributed by atoms with Crippen LogP contribution in [0.1, 0.15) is 36.8 Å². The highest BCUT2D eigenvalue weighted by molar-refractivity contribution is 5.84. The number of hydrogen-bond donors (Lipinski definition) is 0. The van der Waals surface area contributed by atoms with E-state index in [-0.39, 0.29) is 18.5 Å². The third kappa shape index (κ3) is 3.57. The molecule has 3 rings (SSSR count). The third-order valence-corrected chi connectivity index (χ3v) is 4.81. The molecule has 0 saturated carbocycles. The lowest BCUT2D eigenvalue weighted by Gasteiger charge is -2.40. The van der Waals surface area contributed by atoms with E-state index < -0.39 is 5.41 Å². The van der Waals surface area contributed by atoms with Gasteiger partial charge in [-0.1, -0.05) is 35.5 Å². The minimum atomic E-state index is -0.730. The van der Waals surface area contributed by atoms with Crippen LogP contribution >= 0.6 is 0 Å². The average Bonchev–Trinajstić information content (AvgIpc) is 3.05. The first-order valence-corrected chi connectivity index (χ1v) is 8.42. The van der Waals surface area contributed by atoms with Gasteiger partial charge in [0.15, 0.2) is 0 Å². The number of carbonyl (C=O) groups is 2. The Morgan fingerprint density at radius 2 is 1.92 bits per heavy atom. The van der Waals surface area contributed by atoms with Crippen molar-refractivity contribution >= 4 is 11.9 Å². The molecule has 0 bridgehead atoms. The van der Waals surface area contributed by atoms with Gasteiger partial charge in [0, 0.05) is 26.1 Å². The lowest BCUT2D eigenvalue weighted by atomic mass is 9.72. The number of hydrogen-bond acceptors (Lipinski definition) is 5. The zero-order chi connectivity index (χ0) is 17.9. The zero-order valence-electron chi connectivity index (χ0n) is 14.5. The van der Waals surface area contributed by atoms with Crippen LogP contribution in [-0.2, 0) is 26.3 Å². The third-order valence-electron chi connectivity index (χ3n) is 4.81.